The van der Waals surface area contributed by atoms with Gasteiger partial charge in [-0.15, -0.1) is 11.8 Å². The first-order chi connectivity index (χ1) is 6.06. The van der Waals surface area contributed by atoms with Crippen molar-refractivity contribution in [3.05, 3.63) is 0 Å². The second-order valence-corrected chi connectivity index (χ2v) is 3.59. The number of ether oxygens (including phenoxy) is 2. The first-order valence-electron chi connectivity index (χ1n) is 3.90. The van der Waals surface area contributed by atoms with Crippen LogP contribution in [0.1, 0.15) is 13.8 Å². The van der Waals surface area contributed by atoms with Crippen molar-refractivity contribution >= 4 is 23.7 Å². The third kappa shape index (κ3) is 7.64. The van der Waals surface area contributed by atoms with Crippen molar-refractivity contribution in [2.24, 2.45) is 0 Å². The first kappa shape index (κ1) is 12.3. The van der Waals surface area contributed by atoms with Crippen LogP contribution in [-0.2, 0) is 19.1 Å². The Kier molecular flexibility index (Phi) is 6.40. The molecule has 0 saturated heterocycles. The van der Waals surface area contributed by atoms with Gasteiger partial charge in [0.15, 0.2) is 0 Å². The summed E-state index contributed by atoms with van der Waals surface area (Å²) in [5.74, 6) is -0.261. The highest BCUT2D eigenvalue weighted by molar-refractivity contribution is 8.00. The Morgan fingerprint density at radius 1 is 1.23 bits per heavy atom. The average Bonchev–Trinajstić information content (AvgIpc) is 2.02. The van der Waals surface area contributed by atoms with Gasteiger partial charge in [0, 0.05) is 0 Å². The zero-order chi connectivity index (χ0) is 10.3. The van der Waals surface area contributed by atoms with Crippen molar-refractivity contribution in [2.75, 3.05) is 18.6 Å². The van der Waals surface area contributed by atoms with E-state index in [2.05, 4.69) is 4.74 Å². The summed E-state index contributed by atoms with van der Waals surface area (Å²) in [5.41, 5.74) is 0. The number of methoxy groups -OCH3 is 1. The molecule has 0 fully saturated rings. The Bertz CT molecular complexity index is 179. The molecule has 0 saturated carbocycles. The molecule has 0 radical (unpaired) electrons. The van der Waals surface area contributed by atoms with Crippen LogP contribution in [0.25, 0.3) is 0 Å². The van der Waals surface area contributed by atoms with E-state index >= 15 is 0 Å². The van der Waals surface area contributed by atoms with Crippen LogP contribution in [0, 0.1) is 0 Å². The van der Waals surface area contributed by atoms with Crippen LogP contribution in [0.15, 0.2) is 0 Å². The molecule has 0 unspecified atom stereocenters. The smallest absolute Gasteiger partial charge is 0.316 e. The lowest BCUT2D eigenvalue weighted by molar-refractivity contribution is -0.144. The van der Waals surface area contributed by atoms with Crippen LogP contribution < -0.4 is 0 Å². The molecule has 0 aliphatic heterocycles. The molecule has 0 N–H and O–H groups in total. The molecule has 0 rings (SSSR count). The molecule has 0 aliphatic rings. The lowest BCUT2D eigenvalue weighted by atomic mass is 10.5. The number of hydrogen-bond acceptors (Lipinski definition) is 5. The summed E-state index contributed by atoms with van der Waals surface area (Å²) in [7, 11) is 1.31. The molecule has 0 aromatic rings. The van der Waals surface area contributed by atoms with E-state index < -0.39 is 0 Å². The maximum atomic E-state index is 10.9. The van der Waals surface area contributed by atoms with Gasteiger partial charge in [0.05, 0.1) is 24.7 Å². The molecule has 76 valence electrons. The standard InChI is InChI=1S/C8H14O4S/c1-6(2)12-8(10)5-13-4-7(9)11-3/h6H,4-5H2,1-3H3. The third-order valence-corrected chi connectivity index (χ3v) is 1.91. The van der Waals surface area contributed by atoms with Gasteiger partial charge in [-0.05, 0) is 13.8 Å². The van der Waals surface area contributed by atoms with Gasteiger partial charge in [0.2, 0.25) is 0 Å². The summed E-state index contributed by atoms with van der Waals surface area (Å²) < 4.78 is 9.25. The predicted molar refractivity (Wildman–Crippen MR) is 50.6 cm³/mol. The fourth-order valence-electron chi connectivity index (χ4n) is 0.574. The van der Waals surface area contributed by atoms with Gasteiger partial charge in [0.1, 0.15) is 0 Å². The van der Waals surface area contributed by atoms with E-state index in [1.807, 2.05) is 0 Å². The van der Waals surface area contributed by atoms with Crippen molar-refractivity contribution in [1.82, 2.24) is 0 Å². The highest BCUT2D eigenvalue weighted by Crippen LogP contribution is 2.02. The molecule has 0 amide bonds. The number of thioether (sulfide) groups is 1. The minimum Gasteiger partial charge on any atom is -0.468 e. The van der Waals surface area contributed by atoms with E-state index in [0.717, 1.165) is 0 Å². The minimum absolute atomic E-state index is 0.105. The molecule has 0 heterocycles. The maximum Gasteiger partial charge on any atom is 0.316 e. The lowest BCUT2D eigenvalue weighted by Gasteiger charge is -2.06. The monoisotopic (exact) mass is 206 g/mol. The summed E-state index contributed by atoms with van der Waals surface area (Å²) in [4.78, 5) is 21.5. The normalized spacial score (nSPS) is 9.85. The summed E-state index contributed by atoms with van der Waals surface area (Å²) in [5, 5.41) is 0. The Hall–Kier alpha value is -0.710. The summed E-state index contributed by atoms with van der Waals surface area (Å²) in [6.45, 7) is 3.56. The van der Waals surface area contributed by atoms with E-state index in [9.17, 15) is 9.59 Å². The molecule has 0 aliphatic carbocycles. The molecule has 0 aromatic heterocycles. The molecule has 0 aromatic carbocycles. The van der Waals surface area contributed by atoms with Crippen molar-refractivity contribution in [1.29, 1.82) is 0 Å². The Morgan fingerprint density at radius 2 is 1.77 bits per heavy atom. The van der Waals surface area contributed by atoms with Crippen molar-refractivity contribution in [3.8, 4) is 0 Å². The number of esters is 2. The Balaban J connectivity index is 3.42. The Labute approximate surface area is 82.0 Å². The lowest BCUT2D eigenvalue weighted by Crippen LogP contribution is -2.14. The maximum absolute atomic E-state index is 10.9. The SMILES string of the molecule is COC(=O)CSCC(=O)OC(C)C. The van der Waals surface area contributed by atoms with E-state index in [1.54, 1.807) is 13.8 Å². The predicted octanol–water partition coefficient (Wildman–Crippen LogP) is 0.844. The zero-order valence-electron chi connectivity index (χ0n) is 8.03. The van der Waals surface area contributed by atoms with Crippen molar-refractivity contribution in [3.63, 3.8) is 0 Å². The van der Waals surface area contributed by atoms with Crippen LogP contribution in [0.4, 0.5) is 0 Å². The fourth-order valence-corrected chi connectivity index (χ4v) is 1.19. The molecule has 13 heavy (non-hydrogen) atoms. The van der Waals surface area contributed by atoms with E-state index in [-0.39, 0.29) is 29.5 Å². The van der Waals surface area contributed by atoms with Gasteiger partial charge >= 0.3 is 11.9 Å². The van der Waals surface area contributed by atoms with Crippen molar-refractivity contribution < 1.29 is 19.1 Å². The molecule has 0 bridgehead atoms. The largest absolute Gasteiger partial charge is 0.468 e. The van der Waals surface area contributed by atoms with Crippen LogP contribution in [-0.4, -0.2) is 36.7 Å². The van der Waals surface area contributed by atoms with E-state index in [1.165, 1.54) is 18.9 Å². The zero-order valence-corrected chi connectivity index (χ0v) is 8.85. The minimum atomic E-state index is -0.331. The number of carbonyl (C=O) groups excluding carboxylic acids is 2. The van der Waals surface area contributed by atoms with Crippen LogP contribution in [0.3, 0.4) is 0 Å². The molecule has 0 spiro atoms. The van der Waals surface area contributed by atoms with E-state index in [4.69, 9.17) is 4.74 Å². The summed E-state index contributed by atoms with van der Waals surface area (Å²) >= 11 is 1.19. The Morgan fingerprint density at radius 3 is 2.23 bits per heavy atom. The quantitative estimate of drug-likeness (QED) is 0.624. The molecule has 5 heteroatoms. The number of hydrogen-bond donors (Lipinski definition) is 0. The topological polar surface area (TPSA) is 52.6 Å². The fraction of sp³-hybridized carbons (Fsp3) is 0.750. The van der Waals surface area contributed by atoms with Crippen LogP contribution >= 0.6 is 11.8 Å². The van der Waals surface area contributed by atoms with Gasteiger partial charge in [-0.25, -0.2) is 0 Å². The second-order valence-electron chi connectivity index (χ2n) is 2.61. The second kappa shape index (κ2) is 6.77. The number of rotatable bonds is 5. The summed E-state index contributed by atoms with van der Waals surface area (Å²) in [6.07, 6.45) is -0.105. The first-order valence-corrected chi connectivity index (χ1v) is 5.05. The number of carbonyl (C=O) groups is 2. The van der Waals surface area contributed by atoms with Gasteiger partial charge in [-0.1, -0.05) is 0 Å². The van der Waals surface area contributed by atoms with Gasteiger partial charge in [-0.3, -0.25) is 9.59 Å². The van der Waals surface area contributed by atoms with Crippen LogP contribution in [0.2, 0.25) is 0 Å². The average molecular weight is 206 g/mol. The van der Waals surface area contributed by atoms with Crippen LogP contribution in [0.5, 0.6) is 0 Å². The summed E-state index contributed by atoms with van der Waals surface area (Å²) in [6, 6.07) is 0. The van der Waals surface area contributed by atoms with Gasteiger partial charge in [0.25, 0.3) is 0 Å². The van der Waals surface area contributed by atoms with Crippen molar-refractivity contribution in [2.45, 2.75) is 20.0 Å². The molecular formula is C8H14O4S. The molecule has 0 atom stereocenters. The van der Waals surface area contributed by atoms with Gasteiger partial charge in [-0.2, -0.15) is 0 Å². The highest BCUT2D eigenvalue weighted by atomic mass is 32.2. The van der Waals surface area contributed by atoms with E-state index in [0.29, 0.717) is 0 Å². The molecule has 4 nitrogen and oxygen atoms in total. The van der Waals surface area contributed by atoms with Gasteiger partial charge < -0.3 is 9.47 Å². The molecular weight excluding hydrogens is 192 g/mol. The third-order valence-electron chi connectivity index (χ3n) is 1.03. The highest BCUT2D eigenvalue weighted by Gasteiger charge is 2.07.